The molecule has 0 saturated carbocycles. The van der Waals surface area contributed by atoms with Gasteiger partial charge in [0.15, 0.2) is 0 Å². The number of benzene rings is 1. The summed E-state index contributed by atoms with van der Waals surface area (Å²) in [7, 11) is 0. The molecule has 1 unspecified atom stereocenters. The predicted octanol–water partition coefficient (Wildman–Crippen LogP) is 6.13. The molecule has 1 nitrogen and oxygen atoms in total. The predicted molar refractivity (Wildman–Crippen MR) is 78.3 cm³/mol. The third-order valence-corrected chi connectivity index (χ3v) is 3.51. The second-order valence-electron chi connectivity index (χ2n) is 5.09. The van der Waals surface area contributed by atoms with Crippen molar-refractivity contribution < 1.29 is 13.2 Å². The van der Waals surface area contributed by atoms with Crippen molar-refractivity contribution in [1.82, 2.24) is 0 Å². The summed E-state index contributed by atoms with van der Waals surface area (Å²) in [6, 6.07) is 4.09. The molecule has 0 fully saturated rings. The summed E-state index contributed by atoms with van der Waals surface area (Å²) < 4.78 is 38.2. The quantitative estimate of drug-likeness (QED) is 0.597. The number of hydrogen-bond donors (Lipinski definition) is 1. The van der Waals surface area contributed by atoms with E-state index in [4.69, 9.17) is 11.6 Å². The minimum absolute atomic E-state index is 0.147. The highest BCUT2D eigenvalue weighted by Crippen LogP contribution is 2.36. The molecule has 114 valence electrons. The molecule has 1 N–H and O–H groups in total. The summed E-state index contributed by atoms with van der Waals surface area (Å²) in [5.74, 6) is 0. The zero-order valence-corrected chi connectivity index (χ0v) is 12.6. The van der Waals surface area contributed by atoms with E-state index in [0.717, 1.165) is 25.3 Å². The van der Waals surface area contributed by atoms with Gasteiger partial charge in [-0.25, -0.2) is 0 Å². The minimum atomic E-state index is -4.42. The van der Waals surface area contributed by atoms with Crippen LogP contribution in [-0.4, -0.2) is 6.04 Å². The normalized spacial score (nSPS) is 13.3. The molecular weight excluding hydrogens is 287 g/mol. The smallest absolute Gasteiger partial charge is 0.383 e. The highest BCUT2D eigenvalue weighted by atomic mass is 35.5. The van der Waals surface area contributed by atoms with Crippen molar-refractivity contribution in [3.63, 3.8) is 0 Å². The fraction of sp³-hybridized carbons (Fsp3) is 0.600. The van der Waals surface area contributed by atoms with Crippen LogP contribution in [0.3, 0.4) is 0 Å². The van der Waals surface area contributed by atoms with E-state index >= 15 is 0 Å². The third-order valence-electron chi connectivity index (χ3n) is 3.18. The molecule has 20 heavy (non-hydrogen) atoms. The topological polar surface area (TPSA) is 12.0 Å². The van der Waals surface area contributed by atoms with Crippen LogP contribution in [0.2, 0.25) is 5.02 Å². The average Bonchev–Trinajstić information content (AvgIpc) is 2.36. The van der Waals surface area contributed by atoms with Gasteiger partial charge in [0.2, 0.25) is 0 Å². The van der Waals surface area contributed by atoms with Crippen LogP contribution in [0.5, 0.6) is 0 Å². The lowest BCUT2D eigenvalue weighted by molar-refractivity contribution is -0.137. The molecule has 0 aliphatic rings. The van der Waals surface area contributed by atoms with Gasteiger partial charge in [0, 0.05) is 11.7 Å². The first-order chi connectivity index (χ1) is 9.34. The molecule has 1 rings (SSSR count). The Morgan fingerprint density at radius 3 is 2.50 bits per heavy atom. The zero-order valence-electron chi connectivity index (χ0n) is 11.9. The Balaban J connectivity index is 2.60. The lowest BCUT2D eigenvalue weighted by atomic mass is 10.1. The minimum Gasteiger partial charge on any atom is -0.383 e. The fourth-order valence-electron chi connectivity index (χ4n) is 2.07. The van der Waals surface area contributed by atoms with Crippen molar-refractivity contribution >= 4 is 17.3 Å². The van der Waals surface area contributed by atoms with Crippen LogP contribution in [0.25, 0.3) is 0 Å². The average molecular weight is 308 g/mol. The Kier molecular flexibility index (Phi) is 6.66. The molecule has 1 aromatic rings. The molecular formula is C15H21ClF3N. The summed E-state index contributed by atoms with van der Waals surface area (Å²) in [5.41, 5.74) is -0.327. The maximum atomic E-state index is 12.7. The molecule has 0 aliphatic carbocycles. The SMILES string of the molecule is CCCCCCC(C)Nc1ccc(Cl)c(C(F)(F)F)c1. The second-order valence-corrected chi connectivity index (χ2v) is 5.49. The van der Waals surface area contributed by atoms with Gasteiger partial charge in [0.1, 0.15) is 0 Å². The molecule has 0 spiro atoms. The number of alkyl halides is 3. The van der Waals surface area contributed by atoms with Gasteiger partial charge < -0.3 is 5.32 Å². The van der Waals surface area contributed by atoms with E-state index in [1.807, 2.05) is 6.92 Å². The first-order valence-corrected chi connectivity index (χ1v) is 7.35. The molecule has 0 amide bonds. The second kappa shape index (κ2) is 7.77. The fourth-order valence-corrected chi connectivity index (χ4v) is 2.29. The largest absolute Gasteiger partial charge is 0.417 e. The van der Waals surface area contributed by atoms with Crippen molar-refractivity contribution in [1.29, 1.82) is 0 Å². The third kappa shape index (κ3) is 5.61. The van der Waals surface area contributed by atoms with Gasteiger partial charge in [0.25, 0.3) is 0 Å². The van der Waals surface area contributed by atoms with Gasteiger partial charge in [-0.15, -0.1) is 0 Å². The van der Waals surface area contributed by atoms with E-state index in [0.29, 0.717) is 5.69 Å². The molecule has 0 radical (unpaired) electrons. The molecule has 0 heterocycles. The van der Waals surface area contributed by atoms with Gasteiger partial charge in [-0.3, -0.25) is 0 Å². The summed E-state index contributed by atoms with van der Waals surface area (Å²) in [6.07, 6.45) is 1.15. The number of hydrogen-bond acceptors (Lipinski definition) is 1. The van der Waals surface area contributed by atoms with Crippen LogP contribution in [0.1, 0.15) is 51.5 Å². The van der Waals surface area contributed by atoms with Gasteiger partial charge >= 0.3 is 6.18 Å². The Bertz CT molecular complexity index is 418. The highest BCUT2D eigenvalue weighted by molar-refractivity contribution is 6.31. The molecule has 0 aromatic heterocycles. The van der Waals surface area contributed by atoms with Crippen molar-refractivity contribution in [2.75, 3.05) is 5.32 Å². The van der Waals surface area contributed by atoms with E-state index in [-0.39, 0.29) is 11.1 Å². The standard InChI is InChI=1S/C15H21ClF3N/c1-3-4-5-6-7-11(2)20-12-8-9-14(16)13(10-12)15(17,18)19/h8-11,20H,3-7H2,1-2H3. The van der Waals surface area contributed by atoms with Crippen LogP contribution in [0, 0.1) is 0 Å². The van der Waals surface area contributed by atoms with Crippen molar-refractivity contribution in [3.8, 4) is 0 Å². The number of anilines is 1. The molecule has 0 bridgehead atoms. The highest BCUT2D eigenvalue weighted by Gasteiger charge is 2.33. The first kappa shape index (κ1) is 17.2. The van der Waals surface area contributed by atoms with E-state index in [1.54, 1.807) is 6.07 Å². The molecule has 0 saturated heterocycles. The number of halogens is 4. The lowest BCUT2D eigenvalue weighted by Crippen LogP contribution is -2.16. The summed E-state index contributed by atoms with van der Waals surface area (Å²) in [4.78, 5) is 0. The van der Waals surface area contributed by atoms with Gasteiger partial charge in [-0.2, -0.15) is 13.2 Å². The van der Waals surface area contributed by atoms with Crippen LogP contribution in [0.15, 0.2) is 18.2 Å². The van der Waals surface area contributed by atoms with E-state index in [2.05, 4.69) is 12.2 Å². The summed E-state index contributed by atoms with van der Waals surface area (Å²) in [5, 5.41) is 2.83. The van der Waals surface area contributed by atoms with E-state index < -0.39 is 11.7 Å². The molecule has 1 aromatic carbocycles. The van der Waals surface area contributed by atoms with Crippen LogP contribution < -0.4 is 5.32 Å². The van der Waals surface area contributed by atoms with Crippen molar-refractivity contribution in [2.24, 2.45) is 0 Å². The van der Waals surface area contributed by atoms with Crippen LogP contribution in [0.4, 0.5) is 18.9 Å². The monoisotopic (exact) mass is 307 g/mol. The Labute approximate surface area is 123 Å². The van der Waals surface area contributed by atoms with Crippen molar-refractivity contribution in [3.05, 3.63) is 28.8 Å². The van der Waals surface area contributed by atoms with Gasteiger partial charge in [-0.1, -0.05) is 44.2 Å². The van der Waals surface area contributed by atoms with Crippen molar-refractivity contribution in [2.45, 2.75) is 58.2 Å². The molecule has 1 atom stereocenters. The number of rotatable bonds is 7. The number of unbranched alkanes of at least 4 members (excludes halogenated alkanes) is 3. The Hall–Kier alpha value is -0.900. The van der Waals surface area contributed by atoms with E-state index in [9.17, 15) is 13.2 Å². The number of nitrogens with one attached hydrogen (secondary N) is 1. The van der Waals surface area contributed by atoms with Crippen LogP contribution in [-0.2, 0) is 6.18 Å². The maximum absolute atomic E-state index is 12.7. The lowest BCUT2D eigenvalue weighted by Gasteiger charge is -2.17. The Morgan fingerprint density at radius 2 is 1.90 bits per heavy atom. The Morgan fingerprint density at radius 1 is 1.20 bits per heavy atom. The molecule has 0 aliphatic heterocycles. The van der Waals surface area contributed by atoms with Gasteiger partial charge in [-0.05, 0) is 31.5 Å². The van der Waals surface area contributed by atoms with Gasteiger partial charge in [0.05, 0.1) is 10.6 Å². The van der Waals surface area contributed by atoms with Crippen LogP contribution >= 0.6 is 11.6 Å². The van der Waals surface area contributed by atoms with E-state index in [1.165, 1.54) is 18.9 Å². The molecule has 5 heteroatoms. The summed E-state index contributed by atoms with van der Waals surface area (Å²) in [6.45, 7) is 4.13. The maximum Gasteiger partial charge on any atom is 0.417 e. The summed E-state index contributed by atoms with van der Waals surface area (Å²) >= 11 is 5.59. The zero-order chi connectivity index (χ0) is 15.2. The first-order valence-electron chi connectivity index (χ1n) is 6.98.